The molecule has 2 rings (SSSR count). The summed E-state index contributed by atoms with van der Waals surface area (Å²) in [5.41, 5.74) is 5.66. The molecule has 70 valence electrons. The summed E-state index contributed by atoms with van der Waals surface area (Å²) in [5.74, 6) is 0. The van der Waals surface area contributed by atoms with Crippen LogP contribution < -0.4 is 5.73 Å². The topological polar surface area (TPSA) is 69.1 Å². The monoisotopic (exact) mass is 197 g/mol. The zero-order chi connectivity index (χ0) is 9.47. The van der Waals surface area contributed by atoms with E-state index in [-0.39, 0.29) is 5.54 Å². The SMILES string of the molecule is CC(C)(N)Cc1nn2cnnc2s1. The molecule has 2 aromatic rings. The van der Waals surface area contributed by atoms with Crippen molar-refractivity contribution in [2.24, 2.45) is 5.73 Å². The van der Waals surface area contributed by atoms with E-state index in [1.807, 2.05) is 13.8 Å². The number of rotatable bonds is 2. The zero-order valence-corrected chi connectivity index (χ0v) is 8.38. The molecular formula is C7H11N5S. The Morgan fingerprint density at radius 1 is 1.62 bits per heavy atom. The Morgan fingerprint density at radius 3 is 3.00 bits per heavy atom. The Bertz CT molecular complexity index is 381. The van der Waals surface area contributed by atoms with E-state index in [4.69, 9.17) is 5.73 Å². The second-order valence-electron chi connectivity index (χ2n) is 3.72. The van der Waals surface area contributed by atoms with Gasteiger partial charge in [0.05, 0.1) is 0 Å². The quantitative estimate of drug-likeness (QED) is 0.759. The van der Waals surface area contributed by atoms with Gasteiger partial charge in [-0.25, -0.2) is 0 Å². The molecule has 0 aliphatic rings. The fourth-order valence-corrected chi connectivity index (χ4v) is 2.12. The number of hydrogen-bond acceptors (Lipinski definition) is 5. The highest BCUT2D eigenvalue weighted by molar-refractivity contribution is 7.16. The van der Waals surface area contributed by atoms with E-state index in [0.29, 0.717) is 0 Å². The second kappa shape index (κ2) is 2.74. The molecular weight excluding hydrogens is 186 g/mol. The molecule has 0 atom stereocenters. The largest absolute Gasteiger partial charge is 0.325 e. The van der Waals surface area contributed by atoms with Crippen LogP contribution in [0.5, 0.6) is 0 Å². The normalized spacial score (nSPS) is 12.5. The minimum absolute atomic E-state index is 0.219. The molecule has 0 bridgehead atoms. The van der Waals surface area contributed by atoms with E-state index in [9.17, 15) is 0 Å². The van der Waals surface area contributed by atoms with Crippen molar-refractivity contribution in [3.05, 3.63) is 11.3 Å². The van der Waals surface area contributed by atoms with Gasteiger partial charge in [0.1, 0.15) is 11.3 Å². The minimum Gasteiger partial charge on any atom is -0.325 e. The average molecular weight is 197 g/mol. The van der Waals surface area contributed by atoms with Crippen molar-refractivity contribution in [2.75, 3.05) is 0 Å². The summed E-state index contributed by atoms with van der Waals surface area (Å²) in [7, 11) is 0. The predicted octanol–water partition coefficient (Wildman–Crippen LogP) is 0.466. The van der Waals surface area contributed by atoms with Gasteiger partial charge < -0.3 is 5.73 Å². The summed E-state index contributed by atoms with van der Waals surface area (Å²) in [5, 5.41) is 12.9. The highest BCUT2D eigenvalue weighted by atomic mass is 32.1. The Hall–Kier alpha value is -1.01. The first-order chi connectivity index (χ1) is 6.04. The number of hydrogen-bond donors (Lipinski definition) is 1. The third-order valence-corrected chi connectivity index (χ3v) is 2.45. The summed E-state index contributed by atoms with van der Waals surface area (Å²) < 4.78 is 1.67. The fourth-order valence-electron chi connectivity index (χ4n) is 1.06. The Balaban J connectivity index is 2.30. The molecule has 0 aliphatic heterocycles. The van der Waals surface area contributed by atoms with Gasteiger partial charge in [-0.15, -0.1) is 10.2 Å². The van der Waals surface area contributed by atoms with Crippen LogP contribution in [-0.4, -0.2) is 25.4 Å². The maximum atomic E-state index is 5.88. The zero-order valence-electron chi connectivity index (χ0n) is 7.56. The molecule has 2 heterocycles. The maximum Gasteiger partial charge on any atom is 0.234 e. The maximum absolute atomic E-state index is 5.88. The molecule has 0 radical (unpaired) electrons. The Morgan fingerprint density at radius 2 is 2.38 bits per heavy atom. The van der Waals surface area contributed by atoms with Gasteiger partial charge in [0.15, 0.2) is 0 Å². The number of aromatic nitrogens is 4. The van der Waals surface area contributed by atoms with E-state index in [1.54, 1.807) is 10.8 Å². The van der Waals surface area contributed by atoms with Crippen molar-refractivity contribution in [3.63, 3.8) is 0 Å². The van der Waals surface area contributed by atoms with Crippen LogP contribution in [0.1, 0.15) is 18.9 Å². The molecule has 0 saturated carbocycles. The number of nitrogens with two attached hydrogens (primary N) is 1. The Labute approximate surface area is 79.6 Å². The Kier molecular flexibility index (Phi) is 1.81. The van der Waals surface area contributed by atoms with Gasteiger partial charge in [-0.3, -0.25) is 0 Å². The van der Waals surface area contributed by atoms with Gasteiger partial charge >= 0.3 is 0 Å². The molecule has 0 aromatic carbocycles. The van der Waals surface area contributed by atoms with Crippen LogP contribution in [0, 0.1) is 0 Å². The summed E-state index contributed by atoms with van der Waals surface area (Å²) >= 11 is 1.53. The number of nitrogens with zero attached hydrogens (tertiary/aromatic N) is 4. The molecule has 6 heteroatoms. The van der Waals surface area contributed by atoms with Crippen LogP contribution in [0.15, 0.2) is 6.33 Å². The first-order valence-electron chi connectivity index (χ1n) is 3.99. The van der Waals surface area contributed by atoms with Crippen molar-refractivity contribution in [1.29, 1.82) is 0 Å². The van der Waals surface area contributed by atoms with Crippen molar-refractivity contribution < 1.29 is 0 Å². The summed E-state index contributed by atoms with van der Waals surface area (Å²) in [4.78, 5) is 0.819. The lowest BCUT2D eigenvalue weighted by molar-refractivity contribution is 0.512. The van der Waals surface area contributed by atoms with Gasteiger partial charge in [0, 0.05) is 12.0 Å². The van der Waals surface area contributed by atoms with Crippen molar-refractivity contribution in [3.8, 4) is 0 Å². The molecule has 2 N–H and O–H groups in total. The van der Waals surface area contributed by atoms with Gasteiger partial charge in [-0.05, 0) is 13.8 Å². The van der Waals surface area contributed by atoms with Gasteiger partial charge in [0.2, 0.25) is 4.96 Å². The highest BCUT2D eigenvalue weighted by Crippen LogP contribution is 2.16. The van der Waals surface area contributed by atoms with Gasteiger partial charge in [-0.2, -0.15) is 9.61 Å². The van der Waals surface area contributed by atoms with Gasteiger partial charge in [-0.1, -0.05) is 11.3 Å². The third-order valence-electron chi connectivity index (χ3n) is 1.54. The standard InChI is InChI=1S/C7H11N5S/c1-7(2,8)3-5-11-12-4-9-10-6(12)13-5/h4H,3,8H2,1-2H3. The number of fused-ring (bicyclic) bond motifs is 1. The molecule has 2 aromatic heterocycles. The molecule has 0 amide bonds. The van der Waals surface area contributed by atoms with Crippen LogP contribution in [0.4, 0.5) is 0 Å². The molecule has 0 aliphatic carbocycles. The molecule has 5 nitrogen and oxygen atoms in total. The van der Waals surface area contributed by atoms with Crippen LogP contribution in [-0.2, 0) is 6.42 Å². The second-order valence-corrected chi connectivity index (χ2v) is 4.76. The van der Waals surface area contributed by atoms with E-state index >= 15 is 0 Å². The first kappa shape index (κ1) is 8.58. The molecule has 0 unspecified atom stereocenters. The van der Waals surface area contributed by atoms with E-state index < -0.39 is 0 Å². The molecule has 13 heavy (non-hydrogen) atoms. The van der Waals surface area contributed by atoms with E-state index in [1.165, 1.54) is 11.3 Å². The van der Waals surface area contributed by atoms with Gasteiger partial charge in [0.25, 0.3) is 0 Å². The lowest BCUT2D eigenvalue weighted by atomic mass is 10.0. The van der Waals surface area contributed by atoms with Crippen molar-refractivity contribution in [1.82, 2.24) is 19.8 Å². The fraction of sp³-hybridized carbons (Fsp3) is 0.571. The van der Waals surface area contributed by atoms with E-state index in [2.05, 4.69) is 15.3 Å². The summed E-state index contributed by atoms with van der Waals surface area (Å²) in [6, 6.07) is 0. The van der Waals surface area contributed by atoms with Crippen molar-refractivity contribution in [2.45, 2.75) is 25.8 Å². The van der Waals surface area contributed by atoms with Crippen LogP contribution >= 0.6 is 11.3 Å². The predicted molar refractivity (Wildman–Crippen MR) is 50.6 cm³/mol. The summed E-state index contributed by atoms with van der Waals surface area (Å²) in [6.07, 6.45) is 2.36. The average Bonchev–Trinajstić information content (AvgIpc) is 2.40. The molecule has 0 saturated heterocycles. The minimum atomic E-state index is -0.219. The third kappa shape index (κ3) is 1.84. The molecule has 0 fully saturated rings. The van der Waals surface area contributed by atoms with Crippen molar-refractivity contribution >= 4 is 16.3 Å². The van der Waals surface area contributed by atoms with E-state index in [0.717, 1.165) is 16.4 Å². The lowest BCUT2D eigenvalue weighted by Gasteiger charge is -2.15. The molecule has 0 spiro atoms. The lowest BCUT2D eigenvalue weighted by Crippen LogP contribution is -2.34. The summed E-state index contributed by atoms with van der Waals surface area (Å²) in [6.45, 7) is 3.96. The first-order valence-corrected chi connectivity index (χ1v) is 4.81. The van der Waals surface area contributed by atoms with Crippen LogP contribution in [0.2, 0.25) is 0 Å². The van der Waals surface area contributed by atoms with Crippen LogP contribution in [0.3, 0.4) is 0 Å². The van der Waals surface area contributed by atoms with Crippen LogP contribution in [0.25, 0.3) is 4.96 Å². The highest BCUT2D eigenvalue weighted by Gasteiger charge is 2.15. The smallest absolute Gasteiger partial charge is 0.234 e.